The number of hydrogen-bond acceptors (Lipinski definition) is 3. The van der Waals surface area contributed by atoms with E-state index in [2.05, 4.69) is 18.3 Å². The van der Waals surface area contributed by atoms with Crippen molar-refractivity contribution in [2.24, 2.45) is 5.92 Å². The van der Waals surface area contributed by atoms with Crippen LogP contribution < -0.4 is 10.1 Å². The maximum Gasteiger partial charge on any atom is 0.141 e. The minimum absolute atomic E-state index is 0.421. The summed E-state index contributed by atoms with van der Waals surface area (Å²) in [6, 6.07) is 10.3. The molecule has 1 fully saturated rings. The van der Waals surface area contributed by atoms with Gasteiger partial charge in [-0.05, 0) is 37.3 Å². The lowest BCUT2D eigenvalue weighted by Gasteiger charge is -2.25. The predicted molar refractivity (Wildman–Crippen MR) is 72.6 cm³/mol. The van der Waals surface area contributed by atoms with Gasteiger partial charge in [0.1, 0.15) is 11.3 Å². The average molecular weight is 244 g/mol. The molecule has 0 heterocycles. The zero-order valence-electron chi connectivity index (χ0n) is 11.1. The van der Waals surface area contributed by atoms with Crippen LogP contribution in [0, 0.1) is 17.2 Å². The van der Waals surface area contributed by atoms with Crippen molar-refractivity contribution in [1.82, 2.24) is 0 Å². The van der Waals surface area contributed by atoms with Crippen LogP contribution >= 0.6 is 0 Å². The Balaban J connectivity index is 2.19. The molecule has 3 heteroatoms. The van der Waals surface area contributed by atoms with E-state index in [1.807, 2.05) is 24.3 Å². The van der Waals surface area contributed by atoms with Gasteiger partial charge in [0.25, 0.3) is 0 Å². The molecule has 1 N–H and O–H groups in total. The van der Waals surface area contributed by atoms with Crippen LogP contribution in [0.2, 0.25) is 0 Å². The van der Waals surface area contributed by atoms with E-state index in [4.69, 9.17) is 4.74 Å². The Morgan fingerprint density at radius 3 is 2.89 bits per heavy atom. The van der Waals surface area contributed by atoms with E-state index in [-0.39, 0.29) is 0 Å². The third kappa shape index (κ3) is 2.43. The SMILES string of the molecule is CCC1CCC(C#N)(Nc2ccccc2OC)C1. The second-order valence-corrected chi connectivity index (χ2v) is 5.04. The molecular weight excluding hydrogens is 224 g/mol. The molecule has 0 aromatic heterocycles. The molecule has 0 aliphatic heterocycles. The molecule has 0 radical (unpaired) electrons. The zero-order chi connectivity index (χ0) is 13.0. The predicted octanol–water partition coefficient (Wildman–Crippen LogP) is 3.58. The van der Waals surface area contributed by atoms with Gasteiger partial charge in [-0.1, -0.05) is 25.5 Å². The van der Waals surface area contributed by atoms with E-state index < -0.39 is 5.54 Å². The fourth-order valence-electron chi connectivity index (χ4n) is 2.74. The largest absolute Gasteiger partial charge is 0.495 e. The number of benzene rings is 1. The van der Waals surface area contributed by atoms with Gasteiger partial charge < -0.3 is 10.1 Å². The Labute approximate surface area is 109 Å². The lowest BCUT2D eigenvalue weighted by Crippen LogP contribution is -2.33. The number of hydrogen-bond donors (Lipinski definition) is 1. The van der Waals surface area contributed by atoms with E-state index in [0.29, 0.717) is 5.92 Å². The number of rotatable bonds is 4. The number of anilines is 1. The van der Waals surface area contributed by atoms with Gasteiger partial charge in [-0.3, -0.25) is 0 Å². The topological polar surface area (TPSA) is 45.0 Å². The molecule has 1 aromatic rings. The summed E-state index contributed by atoms with van der Waals surface area (Å²) >= 11 is 0. The summed E-state index contributed by atoms with van der Waals surface area (Å²) in [6.07, 6.45) is 4.13. The van der Waals surface area contributed by atoms with Crippen molar-refractivity contribution in [3.63, 3.8) is 0 Å². The van der Waals surface area contributed by atoms with E-state index >= 15 is 0 Å². The minimum atomic E-state index is -0.421. The van der Waals surface area contributed by atoms with E-state index in [0.717, 1.165) is 37.1 Å². The fraction of sp³-hybridized carbons (Fsp3) is 0.533. The van der Waals surface area contributed by atoms with Crippen LogP contribution in [-0.4, -0.2) is 12.6 Å². The van der Waals surface area contributed by atoms with Crippen LogP contribution in [0.3, 0.4) is 0 Å². The van der Waals surface area contributed by atoms with Crippen LogP contribution in [0.1, 0.15) is 32.6 Å². The Kier molecular flexibility index (Phi) is 3.76. The fourth-order valence-corrected chi connectivity index (χ4v) is 2.74. The number of nitrogens with one attached hydrogen (secondary N) is 1. The monoisotopic (exact) mass is 244 g/mol. The smallest absolute Gasteiger partial charge is 0.141 e. The van der Waals surface area contributed by atoms with Gasteiger partial charge in [-0.25, -0.2) is 0 Å². The third-order valence-electron chi connectivity index (χ3n) is 3.89. The molecule has 2 unspecified atom stereocenters. The first-order chi connectivity index (χ1) is 8.73. The van der Waals surface area contributed by atoms with Crippen molar-refractivity contribution in [1.29, 1.82) is 5.26 Å². The Bertz CT molecular complexity index is 452. The number of para-hydroxylation sites is 2. The molecule has 0 spiro atoms. The molecule has 2 atom stereocenters. The molecule has 1 aliphatic carbocycles. The molecule has 18 heavy (non-hydrogen) atoms. The summed E-state index contributed by atoms with van der Waals surface area (Å²) in [5, 5.41) is 12.9. The van der Waals surface area contributed by atoms with E-state index in [9.17, 15) is 5.26 Å². The molecule has 1 aromatic carbocycles. The summed E-state index contributed by atoms with van der Waals surface area (Å²) in [4.78, 5) is 0. The highest BCUT2D eigenvalue weighted by atomic mass is 16.5. The highest BCUT2D eigenvalue weighted by Gasteiger charge is 2.39. The maximum atomic E-state index is 9.50. The first-order valence-electron chi connectivity index (χ1n) is 6.55. The zero-order valence-corrected chi connectivity index (χ0v) is 11.1. The summed E-state index contributed by atoms with van der Waals surface area (Å²) < 4.78 is 5.33. The lowest BCUT2D eigenvalue weighted by atomic mass is 9.96. The molecule has 1 aliphatic rings. The van der Waals surface area contributed by atoms with Crippen molar-refractivity contribution in [3.8, 4) is 11.8 Å². The minimum Gasteiger partial charge on any atom is -0.495 e. The molecular formula is C15H20N2O. The molecule has 1 saturated carbocycles. The van der Waals surface area contributed by atoms with Gasteiger partial charge in [0.05, 0.1) is 18.9 Å². The van der Waals surface area contributed by atoms with E-state index in [1.165, 1.54) is 0 Å². The number of ether oxygens (including phenoxy) is 1. The number of nitrogens with zero attached hydrogens (tertiary/aromatic N) is 1. The van der Waals surface area contributed by atoms with Gasteiger partial charge >= 0.3 is 0 Å². The third-order valence-corrected chi connectivity index (χ3v) is 3.89. The molecule has 0 amide bonds. The second-order valence-electron chi connectivity index (χ2n) is 5.04. The van der Waals surface area contributed by atoms with Gasteiger partial charge in [0, 0.05) is 0 Å². The van der Waals surface area contributed by atoms with Crippen LogP contribution in [0.4, 0.5) is 5.69 Å². The highest BCUT2D eigenvalue weighted by molar-refractivity contribution is 5.59. The average Bonchev–Trinajstić information content (AvgIpc) is 2.83. The van der Waals surface area contributed by atoms with Crippen molar-refractivity contribution in [2.45, 2.75) is 38.1 Å². The Morgan fingerprint density at radius 2 is 2.28 bits per heavy atom. The maximum absolute atomic E-state index is 9.50. The molecule has 2 rings (SSSR count). The molecule has 3 nitrogen and oxygen atoms in total. The Morgan fingerprint density at radius 1 is 1.50 bits per heavy atom. The summed E-state index contributed by atoms with van der Waals surface area (Å²) in [5.41, 5.74) is 0.494. The summed E-state index contributed by atoms with van der Waals surface area (Å²) in [6.45, 7) is 2.20. The Hall–Kier alpha value is -1.69. The lowest BCUT2D eigenvalue weighted by molar-refractivity contribution is 0.414. The van der Waals surface area contributed by atoms with Crippen LogP contribution in [0.5, 0.6) is 5.75 Å². The molecule has 0 bridgehead atoms. The standard InChI is InChI=1S/C15H20N2O/c1-3-12-8-9-15(10-12,11-16)17-13-6-4-5-7-14(13)18-2/h4-7,12,17H,3,8-10H2,1-2H3. The first-order valence-corrected chi connectivity index (χ1v) is 6.55. The van der Waals surface area contributed by atoms with Crippen LogP contribution in [0.15, 0.2) is 24.3 Å². The first kappa shape index (κ1) is 12.8. The number of methoxy groups -OCH3 is 1. The van der Waals surface area contributed by atoms with Gasteiger partial charge in [-0.2, -0.15) is 5.26 Å². The van der Waals surface area contributed by atoms with Gasteiger partial charge in [-0.15, -0.1) is 0 Å². The van der Waals surface area contributed by atoms with Gasteiger partial charge in [0.2, 0.25) is 0 Å². The highest BCUT2D eigenvalue weighted by Crippen LogP contribution is 2.39. The van der Waals surface area contributed by atoms with Crippen molar-refractivity contribution < 1.29 is 4.74 Å². The molecule has 96 valence electrons. The molecule has 0 saturated heterocycles. The second kappa shape index (κ2) is 5.30. The van der Waals surface area contributed by atoms with Crippen molar-refractivity contribution in [3.05, 3.63) is 24.3 Å². The quantitative estimate of drug-likeness (QED) is 0.880. The van der Waals surface area contributed by atoms with E-state index in [1.54, 1.807) is 7.11 Å². The van der Waals surface area contributed by atoms with Crippen molar-refractivity contribution in [2.75, 3.05) is 12.4 Å². The van der Waals surface area contributed by atoms with Crippen LogP contribution in [-0.2, 0) is 0 Å². The van der Waals surface area contributed by atoms with Gasteiger partial charge in [0.15, 0.2) is 0 Å². The number of nitriles is 1. The normalized spacial score (nSPS) is 26.6. The van der Waals surface area contributed by atoms with Crippen molar-refractivity contribution >= 4 is 5.69 Å². The summed E-state index contributed by atoms with van der Waals surface area (Å²) in [7, 11) is 1.66. The van der Waals surface area contributed by atoms with Crippen LogP contribution in [0.25, 0.3) is 0 Å². The summed E-state index contributed by atoms with van der Waals surface area (Å²) in [5.74, 6) is 1.46.